The van der Waals surface area contributed by atoms with Crippen molar-refractivity contribution in [3.05, 3.63) is 109 Å². The van der Waals surface area contributed by atoms with Crippen LogP contribution >= 0.6 is 0 Å². The van der Waals surface area contributed by atoms with Crippen LogP contribution in [0.4, 0.5) is 10.1 Å². The maximum atomic E-state index is 14.2. The van der Waals surface area contributed by atoms with Gasteiger partial charge in [-0.05, 0) is 54.4 Å². The number of fused-ring (bicyclic) bond motifs is 2. The summed E-state index contributed by atoms with van der Waals surface area (Å²) in [6, 6.07) is 17.6. The van der Waals surface area contributed by atoms with Gasteiger partial charge in [0.25, 0.3) is 5.91 Å². The fraction of sp³-hybridized carbons (Fsp3) is 0.0323. The monoisotopic (exact) mass is 540 g/mol. The summed E-state index contributed by atoms with van der Waals surface area (Å²) < 4.78 is 14.2. The van der Waals surface area contributed by atoms with Crippen LogP contribution in [0.1, 0.15) is 15.9 Å². The number of aromatic amines is 2. The van der Waals surface area contributed by atoms with Crippen LogP contribution in [0.15, 0.2) is 91.6 Å². The zero-order valence-electron chi connectivity index (χ0n) is 21.7. The third kappa shape index (κ3) is 4.57. The van der Waals surface area contributed by atoms with Gasteiger partial charge >= 0.3 is 0 Å². The number of hydrogen-bond donors (Lipinski definition) is 3. The third-order valence-electron chi connectivity index (χ3n) is 6.75. The quantitative estimate of drug-likeness (QED) is 0.234. The molecular formula is C31H21FN8O. The summed E-state index contributed by atoms with van der Waals surface area (Å²) in [7, 11) is 0. The van der Waals surface area contributed by atoms with Crippen LogP contribution in [0.5, 0.6) is 0 Å². The lowest BCUT2D eigenvalue weighted by Gasteiger charge is -2.07. The van der Waals surface area contributed by atoms with E-state index in [1.165, 1.54) is 12.1 Å². The Balaban J connectivity index is 1.25. The summed E-state index contributed by atoms with van der Waals surface area (Å²) in [4.78, 5) is 34.0. The van der Waals surface area contributed by atoms with Crippen molar-refractivity contribution in [1.29, 1.82) is 0 Å². The van der Waals surface area contributed by atoms with Crippen LogP contribution in [0.3, 0.4) is 0 Å². The van der Waals surface area contributed by atoms with Crippen LogP contribution in [0.25, 0.3) is 55.8 Å². The number of H-pyrrole nitrogens is 2. The van der Waals surface area contributed by atoms with Crippen molar-refractivity contribution in [2.24, 2.45) is 0 Å². The van der Waals surface area contributed by atoms with Crippen molar-refractivity contribution in [2.45, 2.75) is 6.92 Å². The zero-order chi connectivity index (χ0) is 27.9. The average molecular weight is 541 g/mol. The Kier molecular flexibility index (Phi) is 5.78. The van der Waals surface area contributed by atoms with Gasteiger partial charge in [-0.25, -0.2) is 9.37 Å². The van der Waals surface area contributed by atoms with Crippen molar-refractivity contribution in [2.75, 3.05) is 5.32 Å². The molecule has 2 aromatic carbocycles. The number of anilines is 1. The molecule has 0 aliphatic carbocycles. The van der Waals surface area contributed by atoms with E-state index in [-0.39, 0.29) is 11.7 Å². The molecule has 5 aromatic heterocycles. The Hall–Kier alpha value is -5.77. The smallest absolute Gasteiger partial charge is 0.255 e. The standard InChI is InChI=1S/C31H21FN8O/c1-17-7-19(9-21(32)8-17)24-14-34-15-27-28(24)38-30(37-27)29-23-11-25(35-16-26(23)39-40-29)20-10-22(13-33-12-20)36-31(41)18-5-3-2-4-6-18/h2-16H,1H3,(H,36,41)(H,37,38)(H,39,40). The van der Waals surface area contributed by atoms with Crippen LogP contribution < -0.4 is 5.32 Å². The van der Waals surface area contributed by atoms with Gasteiger partial charge in [-0.3, -0.25) is 24.8 Å². The molecule has 0 spiro atoms. The molecule has 7 rings (SSSR count). The number of aryl methyl sites for hydroxylation is 1. The molecular weight excluding hydrogens is 519 g/mol. The Labute approximate surface area is 232 Å². The maximum absolute atomic E-state index is 14.2. The number of nitrogens with zero attached hydrogens (tertiary/aromatic N) is 5. The van der Waals surface area contributed by atoms with E-state index >= 15 is 0 Å². The minimum Gasteiger partial charge on any atom is -0.335 e. The highest BCUT2D eigenvalue weighted by Crippen LogP contribution is 2.33. The second-order valence-corrected chi connectivity index (χ2v) is 9.66. The van der Waals surface area contributed by atoms with E-state index in [2.05, 4.69) is 35.5 Å². The fourth-order valence-corrected chi connectivity index (χ4v) is 4.84. The van der Waals surface area contributed by atoms with Crippen molar-refractivity contribution in [3.8, 4) is 33.9 Å². The van der Waals surface area contributed by atoms with Crippen molar-refractivity contribution < 1.29 is 9.18 Å². The van der Waals surface area contributed by atoms with Crippen molar-refractivity contribution in [1.82, 2.24) is 35.1 Å². The summed E-state index contributed by atoms with van der Waals surface area (Å²) in [6.07, 6.45) is 8.34. The first-order valence-corrected chi connectivity index (χ1v) is 12.8. The second-order valence-electron chi connectivity index (χ2n) is 9.66. The first kappa shape index (κ1) is 24.3. The number of halogens is 1. The van der Waals surface area contributed by atoms with Crippen molar-refractivity contribution in [3.63, 3.8) is 0 Å². The van der Waals surface area contributed by atoms with E-state index in [1.54, 1.807) is 43.1 Å². The molecule has 5 heterocycles. The number of hydrogen-bond acceptors (Lipinski definition) is 6. The molecule has 0 saturated heterocycles. The number of carbonyl (C=O) groups excluding carboxylic acids is 1. The molecule has 0 saturated carbocycles. The van der Waals surface area contributed by atoms with E-state index in [1.807, 2.05) is 43.3 Å². The lowest BCUT2D eigenvalue weighted by molar-refractivity contribution is 0.102. The lowest BCUT2D eigenvalue weighted by atomic mass is 10.0. The van der Waals surface area contributed by atoms with Crippen molar-refractivity contribution >= 4 is 33.5 Å². The molecule has 0 radical (unpaired) electrons. The maximum Gasteiger partial charge on any atom is 0.255 e. The van der Waals surface area contributed by atoms with E-state index in [0.29, 0.717) is 45.1 Å². The molecule has 0 unspecified atom stereocenters. The van der Waals surface area contributed by atoms with E-state index in [0.717, 1.165) is 27.6 Å². The van der Waals surface area contributed by atoms with Gasteiger partial charge in [0, 0.05) is 34.5 Å². The van der Waals surface area contributed by atoms with E-state index < -0.39 is 0 Å². The number of benzene rings is 2. The van der Waals surface area contributed by atoms with Gasteiger partial charge in [-0.1, -0.05) is 24.3 Å². The Bertz CT molecular complexity index is 2060. The molecule has 1 amide bonds. The number of rotatable bonds is 5. The zero-order valence-corrected chi connectivity index (χ0v) is 21.7. The number of aromatic nitrogens is 7. The number of amides is 1. The first-order chi connectivity index (χ1) is 20.0. The summed E-state index contributed by atoms with van der Waals surface area (Å²) in [5, 5.41) is 11.2. The molecule has 0 fully saturated rings. The second kappa shape index (κ2) is 9.76. The molecule has 9 nitrogen and oxygen atoms in total. The predicted octanol–water partition coefficient (Wildman–Crippen LogP) is 6.33. The molecule has 0 aliphatic heterocycles. The minimum atomic E-state index is -0.315. The lowest BCUT2D eigenvalue weighted by Crippen LogP contribution is -2.11. The van der Waals surface area contributed by atoms with E-state index in [9.17, 15) is 9.18 Å². The minimum absolute atomic E-state index is 0.225. The van der Waals surface area contributed by atoms with Gasteiger partial charge < -0.3 is 10.3 Å². The highest BCUT2D eigenvalue weighted by atomic mass is 19.1. The molecule has 7 aromatic rings. The molecule has 0 aliphatic rings. The van der Waals surface area contributed by atoms with Gasteiger partial charge in [-0.15, -0.1) is 0 Å². The Morgan fingerprint density at radius 1 is 0.878 bits per heavy atom. The number of pyridine rings is 3. The summed E-state index contributed by atoms with van der Waals surface area (Å²) >= 11 is 0. The van der Waals surface area contributed by atoms with Crippen LogP contribution in [0, 0.1) is 12.7 Å². The van der Waals surface area contributed by atoms with Crippen LogP contribution in [0.2, 0.25) is 0 Å². The topological polar surface area (TPSA) is 125 Å². The highest BCUT2D eigenvalue weighted by molar-refractivity contribution is 6.04. The SMILES string of the molecule is Cc1cc(F)cc(-c2cncc3[nH]c(-c4n[nH]c5cnc(-c6cncc(NC(=O)c7ccccc7)c6)cc45)nc23)c1. The fourth-order valence-electron chi connectivity index (χ4n) is 4.84. The van der Waals surface area contributed by atoms with Gasteiger partial charge in [0.05, 0.1) is 46.5 Å². The normalized spacial score (nSPS) is 11.3. The predicted molar refractivity (Wildman–Crippen MR) is 155 cm³/mol. The molecule has 0 atom stereocenters. The number of nitrogens with one attached hydrogen (secondary N) is 3. The molecule has 41 heavy (non-hydrogen) atoms. The molecule has 3 N–H and O–H groups in total. The first-order valence-electron chi connectivity index (χ1n) is 12.8. The average Bonchev–Trinajstić information content (AvgIpc) is 3.61. The third-order valence-corrected chi connectivity index (χ3v) is 6.75. The Morgan fingerprint density at radius 2 is 1.73 bits per heavy atom. The summed E-state index contributed by atoms with van der Waals surface area (Å²) in [5.74, 6) is -0.00529. The van der Waals surface area contributed by atoms with Gasteiger partial charge in [0.2, 0.25) is 0 Å². The van der Waals surface area contributed by atoms with Gasteiger partial charge in [0.1, 0.15) is 11.5 Å². The number of carbonyl (C=O) groups is 1. The Morgan fingerprint density at radius 3 is 2.59 bits per heavy atom. The summed E-state index contributed by atoms with van der Waals surface area (Å²) in [6.45, 7) is 1.85. The molecule has 198 valence electrons. The highest BCUT2D eigenvalue weighted by Gasteiger charge is 2.17. The van der Waals surface area contributed by atoms with E-state index in [4.69, 9.17) is 4.98 Å². The van der Waals surface area contributed by atoms with Gasteiger partial charge in [-0.2, -0.15) is 5.10 Å². The van der Waals surface area contributed by atoms with Crippen LogP contribution in [-0.2, 0) is 0 Å². The molecule has 0 bridgehead atoms. The van der Waals surface area contributed by atoms with Crippen LogP contribution in [-0.4, -0.2) is 41.0 Å². The largest absolute Gasteiger partial charge is 0.335 e. The van der Waals surface area contributed by atoms with Gasteiger partial charge in [0.15, 0.2) is 5.82 Å². The molecule has 10 heteroatoms. The number of imidazole rings is 1. The summed E-state index contributed by atoms with van der Waals surface area (Å²) in [5.41, 5.74) is 7.40.